The number of amides is 1. The number of nitrogens with one attached hydrogen (secondary N) is 1. The van der Waals surface area contributed by atoms with Crippen molar-refractivity contribution >= 4 is 34.8 Å². The summed E-state index contributed by atoms with van der Waals surface area (Å²) < 4.78 is 11.8. The number of Topliss-reactive ketones (excluding diaryl/α,β-unsaturated/α-hetero) is 2. The number of hydrogen-bond donors (Lipinski definition) is 1. The monoisotopic (exact) mass is 477 g/mol. The highest BCUT2D eigenvalue weighted by Gasteiger charge is 2.41. The van der Waals surface area contributed by atoms with Crippen LogP contribution < -0.4 is 10.1 Å². The third-order valence-corrected chi connectivity index (χ3v) is 6.68. The third-order valence-electron chi connectivity index (χ3n) is 6.35. The van der Waals surface area contributed by atoms with Crippen LogP contribution in [0.15, 0.2) is 71.2 Å². The van der Waals surface area contributed by atoms with Crippen molar-refractivity contribution in [3.63, 3.8) is 0 Å². The quantitative estimate of drug-likeness (QED) is 0.616. The molecule has 0 saturated carbocycles. The van der Waals surface area contributed by atoms with Gasteiger partial charge in [-0.05, 0) is 42.7 Å². The minimum atomic E-state index is -0.458. The SMILES string of the molecule is O=C(COc1cccc(C2C3=C(CCCC3=O)OC3=C2C(=O)CCC3)c1)Nc1ccccc1Cl. The Balaban J connectivity index is 1.40. The van der Waals surface area contributed by atoms with Gasteiger partial charge in [0, 0.05) is 42.7 Å². The highest BCUT2D eigenvalue weighted by Crippen LogP contribution is 2.48. The molecule has 0 fully saturated rings. The molecular weight excluding hydrogens is 454 g/mol. The lowest BCUT2D eigenvalue weighted by atomic mass is 9.73. The molecule has 6 nitrogen and oxygen atoms in total. The van der Waals surface area contributed by atoms with Crippen LogP contribution in [-0.4, -0.2) is 24.1 Å². The van der Waals surface area contributed by atoms with Crippen LogP contribution in [0.4, 0.5) is 5.69 Å². The van der Waals surface area contributed by atoms with Gasteiger partial charge in [-0.25, -0.2) is 0 Å². The molecule has 174 valence electrons. The zero-order chi connectivity index (χ0) is 23.7. The second-order valence-electron chi connectivity index (χ2n) is 8.65. The van der Waals surface area contributed by atoms with Crippen molar-refractivity contribution in [1.29, 1.82) is 0 Å². The maximum absolute atomic E-state index is 12.9. The minimum absolute atomic E-state index is 0.0293. The van der Waals surface area contributed by atoms with Crippen LogP contribution in [0.5, 0.6) is 5.75 Å². The van der Waals surface area contributed by atoms with Crippen molar-refractivity contribution in [1.82, 2.24) is 0 Å². The zero-order valence-electron chi connectivity index (χ0n) is 18.6. The van der Waals surface area contributed by atoms with E-state index in [0.717, 1.165) is 18.4 Å². The Labute approximate surface area is 202 Å². The van der Waals surface area contributed by atoms with Gasteiger partial charge in [-0.2, -0.15) is 0 Å². The molecule has 1 aliphatic heterocycles. The van der Waals surface area contributed by atoms with Crippen molar-refractivity contribution < 1.29 is 23.9 Å². The predicted octanol–water partition coefficient (Wildman–Crippen LogP) is 5.49. The van der Waals surface area contributed by atoms with Crippen LogP contribution in [0.3, 0.4) is 0 Å². The van der Waals surface area contributed by atoms with Crippen molar-refractivity contribution in [2.45, 2.75) is 44.4 Å². The van der Waals surface area contributed by atoms with Gasteiger partial charge >= 0.3 is 0 Å². The molecule has 0 saturated heterocycles. The smallest absolute Gasteiger partial charge is 0.262 e. The van der Waals surface area contributed by atoms with Gasteiger partial charge in [0.05, 0.1) is 10.7 Å². The number of allylic oxidation sites excluding steroid dienone is 4. The van der Waals surface area contributed by atoms with Crippen LogP contribution in [0, 0.1) is 0 Å². The van der Waals surface area contributed by atoms with E-state index < -0.39 is 5.92 Å². The summed E-state index contributed by atoms with van der Waals surface area (Å²) >= 11 is 6.10. The number of carbonyl (C=O) groups excluding carboxylic acids is 3. The Morgan fingerprint density at radius 2 is 1.62 bits per heavy atom. The second kappa shape index (κ2) is 9.47. The first-order valence-corrected chi connectivity index (χ1v) is 11.9. The summed E-state index contributed by atoms with van der Waals surface area (Å²) in [6.45, 7) is -0.206. The van der Waals surface area contributed by atoms with Crippen LogP contribution in [0.25, 0.3) is 0 Å². The van der Waals surface area contributed by atoms with Crippen molar-refractivity contribution in [2.75, 3.05) is 11.9 Å². The molecule has 34 heavy (non-hydrogen) atoms. The van der Waals surface area contributed by atoms with Crippen molar-refractivity contribution in [2.24, 2.45) is 0 Å². The fourth-order valence-electron chi connectivity index (χ4n) is 4.83. The number of ether oxygens (including phenoxy) is 2. The van der Waals surface area contributed by atoms with Gasteiger partial charge < -0.3 is 14.8 Å². The van der Waals surface area contributed by atoms with Gasteiger partial charge in [-0.1, -0.05) is 35.9 Å². The largest absolute Gasteiger partial charge is 0.484 e. The van der Waals surface area contributed by atoms with Crippen LogP contribution in [0.2, 0.25) is 5.02 Å². The Morgan fingerprint density at radius 3 is 2.29 bits per heavy atom. The maximum atomic E-state index is 12.9. The highest BCUT2D eigenvalue weighted by atomic mass is 35.5. The molecule has 2 aliphatic carbocycles. The minimum Gasteiger partial charge on any atom is -0.484 e. The second-order valence-corrected chi connectivity index (χ2v) is 9.06. The van der Waals surface area contributed by atoms with Gasteiger partial charge in [0.1, 0.15) is 17.3 Å². The summed E-state index contributed by atoms with van der Waals surface area (Å²) in [4.78, 5) is 38.2. The number of ketones is 2. The van der Waals surface area contributed by atoms with E-state index in [1.54, 1.807) is 36.4 Å². The van der Waals surface area contributed by atoms with Crippen molar-refractivity contribution in [3.8, 4) is 5.75 Å². The molecule has 3 aliphatic rings. The van der Waals surface area contributed by atoms with Gasteiger partial charge in [0.2, 0.25) is 0 Å². The summed E-state index contributed by atoms with van der Waals surface area (Å²) in [5, 5.41) is 3.17. The molecule has 0 atom stereocenters. The lowest BCUT2D eigenvalue weighted by Crippen LogP contribution is -2.30. The molecule has 5 rings (SSSR count). The molecule has 0 radical (unpaired) electrons. The average Bonchev–Trinajstić information content (AvgIpc) is 2.83. The Bertz CT molecular complexity index is 1200. The molecule has 0 bridgehead atoms. The summed E-state index contributed by atoms with van der Waals surface area (Å²) in [6, 6.07) is 14.2. The van der Waals surface area contributed by atoms with Gasteiger partial charge in [0.25, 0.3) is 5.91 Å². The normalized spacial score (nSPS) is 18.3. The molecule has 0 aromatic heterocycles. The van der Waals surface area contributed by atoms with E-state index in [2.05, 4.69) is 5.32 Å². The Hall–Kier alpha value is -3.38. The van der Waals surface area contributed by atoms with E-state index in [1.165, 1.54) is 0 Å². The fraction of sp³-hybridized carbons (Fsp3) is 0.296. The predicted molar refractivity (Wildman–Crippen MR) is 128 cm³/mol. The van der Waals surface area contributed by atoms with E-state index >= 15 is 0 Å². The summed E-state index contributed by atoms with van der Waals surface area (Å²) in [6.07, 6.45) is 3.80. The first kappa shape index (κ1) is 22.4. The molecule has 2 aromatic rings. The number of carbonyl (C=O) groups is 3. The number of anilines is 1. The van der Waals surface area contributed by atoms with Crippen LogP contribution >= 0.6 is 11.6 Å². The van der Waals surface area contributed by atoms with Gasteiger partial charge in [-0.3, -0.25) is 14.4 Å². The molecule has 1 N–H and O–H groups in total. The van der Waals surface area contributed by atoms with Crippen LogP contribution in [-0.2, 0) is 19.1 Å². The summed E-state index contributed by atoms with van der Waals surface area (Å²) in [5.74, 6) is 1.13. The molecule has 1 amide bonds. The number of benzene rings is 2. The molecular formula is C27H24ClNO5. The Kier molecular flexibility index (Phi) is 6.24. The number of para-hydroxylation sites is 1. The molecule has 7 heteroatoms. The van der Waals surface area contributed by atoms with Crippen LogP contribution in [0.1, 0.15) is 50.0 Å². The highest BCUT2D eigenvalue weighted by molar-refractivity contribution is 6.33. The topological polar surface area (TPSA) is 81.7 Å². The number of rotatable bonds is 5. The van der Waals surface area contributed by atoms with E-state index in [4.69, 9.17) is 21.1 Å². The first-order chi connectivity index (χ1) is 16.5. The van der Waals surface area contributed by atoms with E-state index in [0.29, 0.717) is 64.8 Å². The average molecular weight is 478 g/mol. The first-order valence-electron chi connectivity index (χ1n) is 11.5. The fourth-order valence-corrected chi connectivity index (χ4v) is 5.02. The van der Waals surface area contributed by atoms with E-state index in [9.17, 15) is 14.4 Å². The zero-order valence-corrected chi connectivity index (χ0v) is 19.3. The summed E-state index contributed by atoms with van der Waals surface area (Å²) in [5.41, 5.74) is 2.49. The molecule has 0 unspecified atom stereocenters. The molecule has 1 heterocycles. The molecule has 2 aromatic carbocycles. The lowest BCUT2D eigenvalue weighted by molar-refractivity contribution is -0.119. The van der Waals surface area contributed by atoms with Gasteiger partial charge in [0.15, 0.2) is 18.2 Å². The van der Waals surface area contributed by atoms with Gasteiger partial charge in [-0.15, -0.1) is 0 Å². The van der Waals surface area contributed by atoms with Crippen molar-refractivity contribution in [3.05, 3.63) is 81.8 Å². The maximum Gasteiger partial charge on any atom is 0.262 e. The Morgan fingerprint density at radius 1 is 0.941 bits per heavy atom. The number of halogens is 1. The molecule has 0 spiro atoms. The standard InChI is InChI=1S/C27H24ClNO5/c28-18-8-1-2-9-19(18)29-24(32)15-33-17-7-3-6-16(14-17)25-26-20(30)10-4-12-22(26)34-23-13-5-11-21(31)27(23)25/h1-3,6-9,14,25H,4-5,10-13,15H2,(H,29,32). The number of hydrogen-bond acceptors (Lipinski definition) is 5. The third kappa shape index (κ3) is 4.38. The summed E-state index contributed by atoms with van der Waals surface area (Å²) in [7, 11) is 0. The van der Waals surface area contributed by atoms with E-state index in [-0.39, 0.29) is 24.1 Å². The lowest BCUT2D eigenvalue weighted by Gasteiger charge is -2.36. The van der Waals surface area contributed by atoms with E-state index in [1.807, 2.05) is 12.1 Å².